The molecule has 4 rings (SSSR count). The van der Waals surface area contributed by atoms with E-state index in [2.05, 4.69) is 31.2 Å². The van der Waals surface area contributed by atoms with Crippen LogP contribution in [-0.2, 0) is 4.84 Å². The van der Waals surface area contributed by atoms with Gasteiger partial charge in [0.25, 0.3) is 0 Å². The number of rotatable bonds is 6. The molecule has 8 atom stereocenters. The summed E-state index contributed by atoms with van der Waals surface area (Å²) in [5, 5.41) is 17.7. The summed E-state index contributed by atoms with van der Waals surface area (Å²) in [5.74, 6) is 3.47. The van der Waals surface area contributed by atoms with E-state index in [0.29, 0.717) is 23.8 Å². The van der Waals surface area contributed by atoms with Crippen LogP contribution < -0.4 is 5.32 Å². The lowest BCUT2D eigenvalue weighted by molar-refractivity contribution is -0.123. The van der Waals surface area contributed by atoms with Crippen molar-refractivity contribution in [1.29, 1.82) is 0 Å². The average molecular weight is 462 g/mol. The fraction of sp³-hybridized carbons (Fsp3) is 0.926. The molecule has 6 nitrogen and oxygen atoms in total. The van der Waals surface area contributed by atoms with Crippen molar-refractivity contribution in [3.8, 4) is 0 Å². The molecule has 33 heavy (non-hydrogen) atoms. The second-order valence-electron chi connectivity index (χ2n) is 12.2. The first-order chi connectivity index (χ1) is 15.7. The van der Waals surface area contributed by atoms with Crippen LogP contribution in [-0.4, -0.2) is 55.1 Å². The standard InChI is InChI=1S/C27H47N3O3/c1-18(29-33-25(32)30(5)16-6-15-28-4)22-9-10-23-21-8-7-19-17-20(31)11-13-26(19,2)24(21)12-14-27(22,23)3/h19-24,28,31H,6-17H2,1-5H3/b29-18+/t19-,20+,21-,22+,23-,24-,26-,27+/m0/s1. The SMILES string of the molecule is CNCCCN(C)C(=O)O/N=C(\C)[C@H]1CC[C@H]2[C@@H]3CC[C@H]4C[C@H](O)CC[C@]4(C)[C@H]3CC[C@]12C. The van der Waals surface area contributed by atoms with E-state index >= 15 is 0 Å². The third kappa shape index (κ3) is 4.59. The van der Waals surface area contributed by atoms with Gasteiger partial charge in [-0.05, 0) is 119 Å². The van der Waals surface area contributed by atoms with Crippen molar-refractivity contribution in [2.75, 3.05) is 27.2 Å². The van der Waals surface area contributed by atoms with Gasteiger partial charge in [0, 0.05) is 19.5 Å². The van der Waals surface area contributed by atoms with E-state index in [0.717, 1.165) is 55.7 Å². The van der Waals surface area contributed by atoms with Crippen molar-refractivity contribution in [2.45, 2.75) is 91.1 Å². The zero-order chi connectivity index (χ0) is 23.8. The molecule has 4 aliphatic carbocycles. The van der Waals surface area contributed by atoms with Gasteiger partial charge in [0.15, 0.2) is 0 Å². The molecule has 0 unspecified atom stereocenters. The Hall–Kier alpha value is -1.14. The smallest absolute Gasteiger partial charge is 0.393 e. The summed E-state index contributed by atoms with van der Waals surface area (Å²) >= 11 is 0. The zero-order valence-corrected chi connectivity index (χ0v) is 21.6. The Balaban J connectivity index is 1.41. The molecule has 0 aromatic rings. The van der Waals surface area contributed by atoms with Crippen LogP contribution in [0.25, 0.3) is 0 Å². The molecule has 4 aliphatic rings. The molecule has 1 amide bonds. The fourth-order valence-corrected chi connectivity index (χ4v) is 8.75. The van der Waals surface area contributed by atoms with Crippen LogP contribution in [0.5, 0.6) is 0 Å². The quantitative estimate of drug-likeness (QED) is 0.251. The highest BCUT2D eigenvalue weighted by atomic mass is 16.7. The number of oxime groups is 1. The number of aliphatic hydroxyl groups excluding tert-OH is 1. The molecule has 0 spiro atoms. The minimum absolute atomic E-state index is 0.0757. The van der Waals surface area contributed by atoms with Crippen LogP contribution in [0.15, 0.2) is 5.16 Å². The lowest BCUT2D eigenvalue weighted by Gasteiger charge is -2.61. The number of hydrogen-bond acceptors (Lipinski definition) is 5. The molecular weight excluding hydrogens is 414 g/mol. The van der Waals surface area contributed by atoms with Gasteiger partial charge < -0.3 is 15.3 Å². The number of nitrogens with one attached hydrogen (secondary N) is 1. The van der Waals surface area contributed by atoms with Gasteiger partial charge in [0.1, 0.15) is 0 Å². The molecule has 4 saturated carbocycles. The van der Waals surface area contributed by atoms with Gasteiger partial charge in [-0.1, -0.05) is 19.0 Å². The summed E-state index contributed by atoms with van der Waals surface area (Å²) in [5.41, 5.74) is 1.67. The third-order valence-corrected chi connectivity index (χ3v) is 10.6. The van der Waals surface area contributed by atoms with Gasteiger partial charge in [0.2, 0.25) is 0 Å². The molecular formula is C27H47N3O3. The molecule has 4 fully saturated rings. The molecule has 0 saturated heterocycles. The Morgan fingerprint density at radius 1 is 1.09 bits per heavy atom. The summed E-state index contributed by atoms with van der Waals surface area (Å²) in [4.78, 5) is 19.3. The van der Waals surface area contributed by atoms with Gasteiger partial charge in [0.05, 0.1) is 11.8 Å². The van der Waals surface area contributed by atoms with E-state index in [4.69, 9.17) is 4.84 Å². The molecule has 0 heterocycles. The van der Waals surface area contributed by atoms with Gasteiger partial charge in [-0.3, -0.25) is 4.84 Å². The molecule has 0 bridgehead atoms. The van der Waals surface area contributed by atoms with Crippen molar-refractivity contribution >= 4 is 11.8 Å². The van der Waals surface area contributed by atoms with Crippen LogP contribution in [0.4, 0.5) is 4.79 Å². The van der Waals surface area contributed by atoms with Crippen LogP contribution in [0, 0.1) is 40.4 Å². The monoisotopic (exact) mass is 461 g/mol. The van der Waals surface area contributed by atoms with Crippen molar-refractivity contribution in [2.24, 2.45) is 45.6 Å². The first-order valence-corrected chi connectivity index (χ1v) is 13.5. The maximum Gasteiger partial charge on any atom is 0.435 e. The highest BCUT2D eigenvalue weighted by Crippen LogP contribution is 2.67. The molecule has 0 radical (unpaired) electrons. The van der Waals surface area contributed by atoms with Gasteiger partial charge in [-0.25, -0.2) is 4.79 Å². The Morgan fingerprint density at radius 3 is 2.58 bits per heavy atom. The lowest BCUT2D eigenvalue weighted by atomic mass is 9.44. The normalized spacial score (nSPS) is 42.8. The zero-order valence-electron chi connectivity index (χ0n) is 21.6. The number of nitrogens with zero attached hydrogens (tertiary/aromatic N) is 2. The van der Waals surface area contributed by atoms with E-state index in [1.54, 1.807) is 11.9 Å². The van der Waals surface area contributed by atoms with E-state index in [1.807, 2.05) is 7.05 Å². The van der Waals surface area contributed by atoms with Crippen molar-refractivity contribution in [3.63, 3.8) is 0 Å². The summed E-state index contributed by atoms with van der Waals surface area (Å²) in [6, 6.07) is 0. The van der Waals surface area contributed by atoms with Crippen LogP contribution in [0.2, 0.25) is 0 Å². The lowest BCUT2D eigenvalue weighted by Crippen LogP contribution is -2.54. The summed E-state index contributed by atoms with van der Waals surface area (Å²) in [6.07, 6.45) is 11.3. The van der Waals surface area contributed by atoms with Crippen molar-refractivity contribution in [1.82, 2.24) is 10.2 Å². The summed E-state index contributed by atoms with van der Waals surface area (Å²) in [6.45, 7) is 8.66. The molecule has 0 aliphatic heterocycles. The van der Waals surface area contributed by atoms with E-state index < -0.39 is 0 Å². The predicted octanol–water partition coefficient (Wildman–Crippen LogP) is 5.06. The number of carbonyl (C=O) groups is 1. The van der Waals surface area contributed by atoms with Crippen LogP contribution in [0.1, 0.15) is 85.0 Å². The molecule has 6 heteroatoms. The second kappa shape index (κ2) is 9.85. The number of fused-ring (bicyclic) bond motifs is 5. The van der Waals surface area contributed by atoms with Crippen molar-refractivity contribution in [3.05, 3.63) is 0 Å². The topological polar surface area (TPSA) is 74.2 Å². The summed E-state index contributed by atoms with van der Waals surface area (Å²) in [7, 11) is 3.69. The second-order valence-corrected chi connectivity index (χ2v) is 12.2. The molecule has 188 valence electrons. The Labute approximate surface area is 200 Å². The minimum Gasteiger partial charge on any atom is -0.393 e. The Morgan fingerprint density at radius 2 is 1.82 bits per heavy atom. The fourth-order valence-electron chi connectivity index (χ4n) is 8.75. The Kier molecular flexibility index (Phi) is 7.45. The molecule has 0 aromatic carbocycles. The largest absolute Gasteiger partial charge is 0.435 e. The van der Waals surface area contributed by atoms with Crippen molar-refractivity contribution < 1.29 is 14.7 Å². The average Bonchev–Trinajstić information content (AvgIpc) is 3.15. The van der Waals surface area contributed by atoms with Gasteiger partial charge >= 0.3 is 6.09 Å². The summed E-state index contributed by atoms with van der Waals surface area (Å²) < 4.78 is 0. The first kappa shape index (κ1) is 25.0. The third-order valence-electron chi connectivity index (χ3n) is 10.6. The van der Waals surface area contributed by atoms with Crippen LogP contribution >= 0.6 is 0 Å². The Bertz CT molecular complexity index is 742. The highest BCUT2D eigenvalue weighted by Gasteiger charge is 2.60. The minimum atomic E-state index is -0.361. The van der Waals surface area contributed by atoms with E-state index in [1.165, 1.54) is 38.5 Å². The number of carbonyl (C=O) groups excluding carboxylic acids is 1. The predicted molar refractivity (Wildman–Crippen MR) is 132 cm³/mol. The molecule has 2 N–H and O–H groups in total. The maximum absolute atomic E-state index is 12.4. The van der Waals surface area contributed by atoms with Gasteiger partial charge in [-0.15, -0.1) is 0 Å². The van der Waals surface area contributed by atoms with E-state index in [9.17, 15) is 9.90 Å². The number of hydrogen-bond donors (Lipinski definition) is 2. The van der Waals surface area contributed by atoms with Crippen LogP contribution in [0.3, 0.4) is 0 Å². The number of amides is 1. The first-order valence-electron chi connectivity index (χ1n) is 13.5. The highest BCUT2D eigenvalue weighted by molar-refractivity contribution is 5.85. The van der Waals surface area contributed by atoms with Gasteiger partial charge in [-0.2, -0.15) is 0 Å². The maximum atomic E-state index is 12.4. The molecule has 0 aromatic heterocycles. The number of aliphatic hydroxyl groups is 1. The van der Waals surface area contributed by atoms with E-state index in [-0.39, 0.29) is 17.6 Å².